The number of hydrogen-bond acceptors (Lipinski definition) is 4. The fourth-order valence-corrected chi connectivity index (χ4v) is 2.45. The molecule has 0 unspecified atom stereocenters. The zero-order valence-corrected chi connectivity index (χ0v) is 15.5. The monoisotopic (exact) mass is 371 g/mol. The van der Waals surface area contributed by atoms with Crippen LogP contribution in [0.25, 0.3) is 0 Å². The lowest BCUT2D eigenvalue weighted by Gasteiger charge is -2.21. The van der Waals surface area contributed by atoms with Crippen molar-refractivity contribution >= 4 is 17.7 Å². The van der Waals surface area contributed by atoms with Crippen LogP contribution in [0.5, 0.6) is 5.75 Å². The van der Waals surface area contributed by atoms with Gasteiger partial charge in [0.1, 0.15) is 17.6 Å². The molecule has 0 aliphatic carbocycles. The number of hydrogen-bond donors (Lipinski definition) is 1. The van der Waals surface area contributed by atoms with E-state index in [2.05, 4.69) is 5.32 Å². The van der Waals surface area contributed by atoms with Gasteiger partial charge in [0.05, 0.1) is 5.56 Å². The second kappa shape index (κ2) is 9.07. The number of amides is 1. The smallest absolute Gasteiger partial charge is 0.334 e. The van der Waals surface area contributed by atoms with Gasteiger partial charge in [0.25, 0.3) is 5.91 Å². The first-order valence-corrected chi connectivity index (χ1v) is 8.73. The predicted molar refractivity (Wildman–Crippen MR) is 99.2 cm³/mol. The number of halogens is 1. The highest BCUT2D eigenvalue weighted by Gasteiger charge is 2.27. The Balaban J connectivity index is 2.10. The number of rotatable bonds is 7. The zero-order valence-electron chi connectivity index (χ0n) is 15.5. The number of Topliss-reactive ketones (excluding diaryl/α,β-unsaturated/α-hetero) is 1. The second-order valence-corrected chi connectivity index (χ2v) is 6.40. The molecular formula is C21H22FNO4. The average Bonchev–Trinajstić information content (AvgIpc) is 2.65. The summed E-state index contributed by atoms with van der Waals surface area (Å²) in [6.45, 7) is 5.26. The summed E-state index contributed by atoms with van der Waals surface area (Å²) in [5.41, 5.74) is 0.393. The number of esters is 1. The van der Waals surface area contributed by atoms with E-state index in [1.54, 1.807) is 39.0 Å². The standard InChI is InChI=1S/C21H22FNO4/c1-4-18(24)14-9-11-15(12-10-14)27-21(26)19(13(2)3)23-20(25)16-7-5-6-8-17(16)22/h5-13,19H,4H2,1-3H3,(H,23,25)/t19-/m0/s1. The zero-order chi connectivity index (χ0) is 20.0. The summed E-state index contributed by atoms with van der Waals surface area (Å²) in [6, 6.07) is 10.8. The molecule has 27 heavy (non-hydrogen) atoms. The molecule has 0 saturated carbocycles. The Hall–Kier alpha value is -3.02. The molecule has 0 aliphatic rings. The van der Waals surface area contributed by atoms with Crippen LogP contribution in [-0.4, -0.2) is 23.7 Å². The van der Waals surface area contributed by atoms with Crippen molar-refractivity contribution < 1.29 is 23.5 Å². The van der Waals surface area contributed by atoms with Gasteiger partial charge in [-0.2, -0.15) is 0 Å². The van der Waals surface area contributed by atoms with E-state index in [1.165, 1.54) is 30.3 Å². The largest absolute Gasteiger partial charge is 0.425 e. The Kier molecular flexibility index (Phi) is 6.82. The van der Waals surface area contributed by atoms with Gasteiger partial charge in [0, 0.05) is 12.0 Å². The van der Waals surface area contributed by atoms with E-state index in [4.69, 9.17) is 4.74 Å². The van der Waals surface area contributed by atoms with Crippen LogP contribution in [0.1, 0.15) is 47.9 Å². The molecule has 1 N–H and O–H groups in total. The SMILES string of the molecule is CCC(=O)c1ccc(OC(=O)[C@@H](NC(=O)c2ccccc2F)C(C)C)cc1. The topological polar surface area (TPSA) is 72.5 Å². The normalized spacial score (nSPS) is 11.7. The van der Waals surface area contributed by atoms with Gasteiger partial charge in [0.2, 0.25) is 0 Å². The van der Waals surface area contributed by atoms with Crippen LogP contribution in [-0.2, 0) is 4.79 Å². The fourth-order valence-electron chi connectivity index (χ4n) is 2.45. The van der Waals surface area contributed by atoms with Gasteiger partial charge in [-0.1, -0.05) is 32.9 Å². The van der Waals surface area contributed by atoms with E-state index in [0.29, 0.717) is 12.0 Å². The van der Waals surface area contributed by atoms with Gasteiger partial charge in [-0.3, -0.25) is 9.59 Å². The minimum atomic E-state index is -0.950. The molecule has 6 heteroatoms. The molecular weight excluding hydrogens is 349 g/mol. The molecule has 0 saturated heterocycles. The van der Waals surface area contributed by atoms with Crippen LogP contribution in [0.2, 0.25) is 0 Å². The lowest BCUT2D eigenvalue weighted by atomic mass is 10.0. The average molecular weight is 371 g/mol. The van der Waals surface area contributed by atoms with Gasteiger partial charge in [-0.05, 0) is 42.3 Å². The first kappa shape index (κ1) is 20.3. The molecule has 1 atom stereocenters. The quantitative estimate of drug-likeness (QED) is 0.457. The van der Waals surface area contributed by atoms with Crippen LogP contribution in [0.15, 0.2) is 48.5 Å². The molecule has 1 amide bonds. The van der Waals surface area contributed by atoms with E-state index in [1.807, 2.05) is 0 Å². The van der Waals surface area contributed by atoms with Crippen LogP contribution in [0.4, 0.5) is 4.39 Å². The fraction of sp³-hybridized carbons (Fsp3) is 0.286. The van der Waals surface area contributed by atoms with Crippen molar-refractivity contribution in [3.8, 4) is 5.75 Å². The molecule has 0 radical (unpaired) electrons. The van der Waals surface area contributed by atoms with E-state index in [-0.39, 0.29) is 23.0 Å². The van der Waals surface area contributed by atoms with Gasteiger partial charge in [-0.25, -0.2) is 9.18 Å². The van der Waals surface area contributed by atoms with E-state index >= 15 is 0 Å². The van der Waals surface area contributed by atoms with Crippen LogP contribution in [0, 0.1) is 11.7 Å². The highest BCUT2D eigenvalue weighted by molar-refractivity contribution is 5.97. The third kappa shape index (κ3) is 5.23. The molecule has 142 valence electrons. The Morgan fingerprint density at radius 1 is 1.04 bits per heavy atom. The lowest BCUT2D eigenvalue weighted by molar-refractivity contribution is -0.137. The highest BCUT2D eigenvalue weighted by Crippen LogP contribution is 2.16. The molecule has 0 heterocycles. The Bertz CT molecular complexity index is 830. The van der Waals surface area contributed by atoms with Crippen molar-refractivity contribution in [2.24, 2.45) is 5.92 Å². The number of carbonyl (C=O) groups is 3. The molecule has 0 aliphatic heterocycles. The molecule has 0 bridgehead atoms. The molecule has 0 aromatic heterocycles. The van der Waals surface area contributed by atoms with Gasteiger partial charge < -0.3 is 10.1 Å². The van der Waals surface area contributed by atoms with Crippen molar-refractivity contribution in [2.45, 2.75) is 33.2 Å². The summed E-state index contributed by atoms with van der Waals surface area (Å²) < 4.78 is 19.1. The molecule has 0 fully saturated rings. The summed E-state index contributed by atoms with van der Waals surface area (Å²) in [6.07, 6.45) is 0.386. The summed E-state index contributed by atoms with van der Waals surface area (Å²) in [7, 11) is 0. The summed E-state index contributed by atoms with van der Waals surface area (Å²) in [5.74, 6) is -2.03. The number of ether oxygens (including phenoxy) is 1. The van der Waals surface area contributed by atoms with Crippen molar-refractivity contribution in [2.75, 3.05) is 0 Å². The molecule has 2 aromatic rings. The van der Waals surface area contributed by atoms with Gasteiger partial charge in [-0.15, -0.1) is 0 Å². The summed E-state index contributed by atoms with van der Waals surface area (Å²) in [5, 5.41) is 2.52. The maximum Gasteiger partial charge on any atom is 0.334 e. The van der Waals surface area contributed by atoms with Crippen molar-refractivity contribution in [1.82, 2.24) is 5.32 Å². The summed E-state index contributed by atoms with van der Waals surface area (Å²) >= 11 is 0. The molecule has 0 spiro atoms. The highest BCUT2D eigenvalue weighted by atomic mass is 19.1. The third-order valence-corrected chi connectivity index (χ3v) is 4.04. The predicted octanol–water partition coefficient (Wildman–Crippen LogP) is 3.78. The van der Waals surface area contributed by atoms with Crippen LogP contribution >= 0.6 is 0 Å². The number of ketones is 1. The van der Waals surface area contributed by atoms with Crippen molar-refractivity contribution in [3.63, 3.8) is 0 Å². The number of carbonyl (C=O) groups excluding carboxylic acids is 3. The van der Waals surface area contributed by atoms with Crippen molar-refractivity contribution in [1.29, 1.82) is 0 Å². The molecule has 5 nitrogen and oxygen atoms in total. The first-order chi connectivity index (χ1) is 12.8. The first-order valence-electron chi connectivity index (χ1n) is 8.73. The van der Waals surface area contributed by atoms with Crippen LogP contribution < -0.4 is 10.1 Å². The lowest BCUT2D eigenvalue weighted by Crippen LogP contribution is -2.46. The van der Waals surface area contributed by atoms with E-state index in [9.17, 15) is 18.8 Å². The maximum atomic E-state index is 13.8. The Morgan fingerprint density at radius 3 is 2.22 bits per heavy atom. The maximum absolute atomic E-state index is 13.8. The number of nitrogens with one attached hydrogen (secondary N) is 1. The van der Waals surface area contributed by atoms with E-state index in [0.717, 1.165) is 0 Å². The number of benzene rings is 2. The van der Waals surface area contributed by atoms with Crippen molar-refractivity contribution in [3.05, 3.63) is 65.5 Å². The Labute approximate surface area is 157 Å². The van der Waals surface area contributed by atoms with Gasteiger partial charge in [0.15, 0.2) is 5.78 Å². The Morgan fingerprint density at radius 2 is 1.67 bits per heavy atom. The third-order valence-electron chi connectivity index (χ3n) is 4.04. The minimum absolute atomic E-state index is 0.00918. The molecule has 2 aromatic carbocycles. The van der Waals surface area contributed by atoms with Crippen LogP contribution in [0.3, 0.4) is 0 Å². The van der Waals surface area contributed by atoms with E-state index < -0.39 is 23.7 Å². The van der Waals surface area contributed by atoms with Gasteiger partial charge >= 0.3 is 5.97 Å². The second-order valence-electron chi connectivity index (χ2n) is 6.40. The molecule has 2 rings (SSSR count). The summed E-state index contributed by atoms with van der Waals surface area (Å²) in [4.78, 5) is 36.4. The minimum Gasteiger partial charge on any atom is -0.425 e.